The highest BCUT2D eigenvalue weighted by molar-refractivity contribution is 5.87. The standard InChI is InChI=1S/C20H24O/c1-3-15-5-7-16(8-6-15)17-9-10-19-14-20(21-4-2)12-11-18(19)13-17/h7,9-15H,3-6,8H2,1-2H3. The van der Waals surface area contributed by atoms with Crippen molar-refractivity contribution in [2.75, 3.05) is 6.61 Å². The van der Waals surface area contributed by atoms with Crippen molar-refractivity contribution in [1.29, 1.82) is 0 Å². The number of rotatable bonds is 4. The van der Waals surface area contributed by atoms with E-state index in [1.165, 1.54) is 47.6 Å². The van der Waals surface area contributed by atoms with Gasteiger partial charge in [0.2, 0.25) is 0 Å². The molecule has 1 aliphatic rings. The van der Waals surface area contributed by atoms with Crippen LogP contribution in [-0.4, -0.2) is 6.61 Å². The third kappa shape index (κ3) is 3.12. The van der Waals surface area contributed by atoms with Crippen molar-refractivity contribution in [1.82, 2.24) is 0 Å². The first kappa shape index (κ1) is 14.2. The fraction of sp³-hybridized carbons (Fsp3) is 0.400. The van der Waals surface area contributed by atoms with E-state index in [1.54, 1.807) is 0 Å². The molecule has 1 unspecified atom stereocenters. The molecule has 0 fully saturated rings. The van der Waals surface area contributed by atoms with Gasteiger partial charge in [-0.25, -0.2) is 0 Å². The summed E-state index contributed by atoms with van der Waals surface area (Å²) in [5.41, 5.74) is 2.91. The Hall–Kier alpha value is -1.76. The molecule has 1 atom stereocenters. The molecule has 0 radical (unpaired) electrons. The zero-order valence-corrected chi connectivity index (χ0v) is 13.1. The molecule has 0 amide bonds. The second-order valence-electron chi connectivity index (χ2n) is 5.93. The van der Waals surface area contributed by atoms with Crippen molar-refractivity contribution >= 4 is 16.3 Å². The number of hydrogen-bond donors (Lipinski definition) is 0. The van der Waals surface area contributed by atoms with Crippen LogP contribution in [0.4, 0.5) is 0 Å². The van der Waals surface area contributed by atoms with Crippen LogP contribution in [0.2, 0.25) is 0 Å². The van der Waals surface area contributed by atoms with E-state index < -0.39 is 0 Å². The molecule has 1 aliphatic carbocycles. The van der Waals surface area contributed by atoms with Gasteiger partial charge in [0, 0.05) is 0 Å². The fourth-order valence-corrected chi connectivity index (χ4v) is 3.20. The Morgan fingerprint density at radius 1 is 1.05 bits per heavy atom. The van der Waals surface area contributed by atoms with Gasteiger partial charge in [0.05, 0.1) is 6.61 Å². The summed E-state index contributed by atoms with van der Waals surface area (Å²) in [4.78, 5) is 0. The number of ether oxygens (including phenoxy) is 1. The first-order valence-electron chi connectivity index (χ1n) is 8.16. The van der Waals surface area contributed by atoms with Gasteiger partial charge in [-0.2, -0.15) is 0 Å². The molecule has 0 saturated carbocycles. The van der Waals surface area contributed by atoms with Crippen LogP contribution in [0, 0.1) is 5.92 Å². The lowest BCUT2D eigenvalue weighted by atomic mass is 9.85. The molecule has 0 aromatic heterocycles. The maximum absolute atomic E-state index is 5.57. The van der Waals surface area contributed by atoms with Crippen LogP contribution in [0.1, 0.15) is 45.1 Å². The van der Waals surface area contributed by atoms with Crippen LogP contribution in [0.3, 0.4) is 0 Å². The van der Waals surface area contributed by atoms with Crippen molar-refractivity contribution in [3.63, 3.8) is 0 Å². The monoisotopic (exact) mass is 280 g/mol. The lowest BCUT2D eigenvalue weighted by Crippen LogP contribution is -2.03. The summed E-state index contributed by atoms with van der Waals surface area (Å²) < 4.78 is 5.57. The molecule has 0 heterocycles. The molecule has 110 valence electrons. The first-order chi connectivity index (χ1) is 10.3. The van der Waals surface area contributed by atoms with Crippen molar-refractivity contribution in [2.24, 2.45) is 5.92 Å². The molecule has 0 bridgehead atoms. The largest absolute Gasteiger partial charge is 0.494 e. The highest BCUT2D eigenvalue weighted by Crippen LogP contribution is 2.33. The van der Waals surface area contributed by atoms with E-state index in [0.29, 0.717) is 0 Å². The number of hydrogen-bond acceptors (Lipinski definition) is 1. The average molecular weight is 280 g/mol. The van der Waals surface area contributed by atoms with Crippen LogP contribution >= 0.6 is 0 Å². The molecule has 0 saturated heterocycles. The topological polar surface area (TPSA) is 9.23 Å². The Morgan fingerprint density at radius 3 is 2.57 bits per heavy atom. The predicted octanol–water partition coefficient (Wildman–Crippen LogP) is 5.83. The van der Waals surface area contributed by atoms with E-state index in [-0.39, 0.29) is 0 Å². The summed E-state index contributed by atoms with van der Waals surface area (Å²) in [5.74, 6) is 1.85. The molecule has 21 heavy (non-hydrogen) atoms. The number of benzene rings is 2. The number of allylic oxidation sites excluding steroid dienone is 2. The van der Waals surface area contributed by atoms with Gasteiger partial charge in [-0.05, 0) is 72.2 Å². The molecule has 1 heteroatoms. The number of fused-ring (bicyclic) bond motifs is 1. The van der Waals surface area contributed by atoms with Gasteiger partial charge in [0.25, 0.3) is 0 Å². The van der Waals surface area contributed by atoms with Crippen LogP contribution in [0.15, 0.2) is 42.5 Å². The van der Waals surface area contributed by atoms with Gasteiger partial charge in [0.15, 0.2) is 0 Å². The minimum absolute atomic E-state index is 0.717. The minimum atomic E-state index is 0.717. The fourth-order valence-electron chi connectivity index (χ4n) is 3.20. The summed E-state index contributed by atoms with van der Waals surface area (Å²) in [5, 5.41) is 2.56. The predicted molar refractivity (Wildman–Crippen MR) is 90.7 cm³/mol. The SMILES string of the molecule is CCOc1ccc2cc(C3=CCC(CC)CC3)ccc2c1. The summed E-state index contributed by atoms with van der Waals surface area (Å²) in [6.07, 6.45) is 7.56. The zero-order valence-electron chi connectivity index (χ0n) is 13.1. The highest BCUT2D eigenvalue weighted by Gasteiger charge is 2.14. The second kappa shape index (κ2) is 6.34. The first-order valence-corrected chi connectivity index (χ1v) is 8.16. The van der Waals surface area contributed by atoms with Gasteiger partial charge < -0.3 is 4.74 Å². The summed E-state index contributed by atoms with van der Waals surface area (Å²) >= 11 is 0. The lowest BCUT2D eigenvalue weighted by Gasteiger charge is -2.21. The molecule has 2 aromatic carbocycles. The third-order valence-corrected chi connectivity index (χ3v) is 4.59. The summed E-state index contributed by atoms with van der Waals surface area (Å²) in [7, 11) is 0. The molecule has 2 aromatic rings. The highest BCUT2D eigenvalue weighted by atomic mass is 16.5. The minimum Gasteiger partial charge on any atom is -0.494 e. The van der Waals surface area contributed by atoms with E-state index >= 15 is 0 Å². The van der Waals surface area contributed by atoms with Crippen molar-refractivity contribution in [2.45, 2.75) is 39.5 Å². The molecule has 3 rings (SSSR count). The average Bonchev–Trinajstić information content (AvgIpc) is 2.55. The van der Waals surface area contributed by atoms with Gasteiger partial charge in [0.1, 0.15) is 5.75 Å². The van der Waals surface area contributed by atoms with Crippen LogP contribution in [-0.2, 0) is 0 Å². The van der Waals surface area contributed by atoms with Gasteiger partial charge in [-0.3, -0.25) is 0 Å². The molecule has 0 spiro atoms. The Bertz CT molecular complexity index is 654. The summed E-state index contributed by atoms with van der Waals surface area (Å²) in [6.45, 7) is 5.04. The second-order valence-corrected chi connectivity index (χ2v) is 5.93. The maximum atomic E-state index is 5.57. The Morgan fingerprint density at radius 2 is 1.86 bits per heavy atom. The Labute approximate surface area is 127 Å². The van der Waals surface area contributed by atoms with E-state index in [2.05, 4.69) is 49.4 Å². The van der Waals surface area contributed by atoms with E-state index in [1.807, 2.05) is 6.92 Å². The molecular weight excluding hydrogens is 256 g/mol. The van der Waals surface area contributed by atoms with Gasteiger partial charge in [-0.15, -0.1) is 0 Å². The normalized spacial score (nSPS) is 18.6. The molecule has 0 aliphatic heterocycles. The molecule has 1 nitrogen and oxygen atoms in total. The van der Waals surface area contributed by atoms with E-state index in [4.69, 9.17) is 4.74 Å². The van der Waals surface area contributed by atoms with Crippen molar-refractivity contribution in [3.8, 4) is 5.75 Å². The van der Waals surface area contributed by atoms with Crippen LogP contribution in [0.25, 0.3) is 16.3 Å². The van der Waals surface area contributed by atoms with E-state index in [9.17, 15) is 0 Å². The molecular formula is C20H24O. The van der Waals surface area contributed by atoms with Gasteiger partial charge >= 0.3 is 0 Å². The third-order valence-electron chi connectivity index (χ3n) is 4.59. The van der Waals surface area contributed by atoms with Gasteiger partial charge in [-0.1, -0.05) is 37.6 Å². The van der Waals surface area contributed by atoms with Crippen molar-refractivity contribution in [3.05, 3.63) is 48.0 Å². The van der Waals surface area contributed by atoms with E-state index in [0.717, 1.165) is 18.3 Å². The Balaban J connectivity index is 1.88. The van der Waals surface area contributed by atoms with Crippen LogP contribution in [0.5, 0.6) is 5.75 Å². The summed E-state index contributed by atoms with van der Waals surface area (Å²) in [6, 6.07) is 13.2. The van der Waals surface area contributed by atoms with Crippen molar-refractivity contribution < 1.29 is 4.74 Å². The lowest BCUT2D eigenvalue weighted by molar-refractivity contribution is 0.341. The molecule has 0 N–H and O–H groups in total. The smallest absolute Gasteiger partial charge is 0.119 e. The maximum Gasteiger partial charge on any atom is 0.119 e. The quantitative estimate of drug-likeness (QED) is 0.684. The Kier molecular flexibility index (Phi) is 4.28. The zero-order chi connectivity index (χ0) is 14.7. The van der Waals surface area contributed by atoms with Crippen LogP contribution < -0.4 is 4.74 Å².